The van der Waals surface area contributed by atoms with Gasteiger partial charge in [-0.2, -0.15) is 0 Å². The summed E-state index contributed by atoms with van der Waals surface area (Å²) in [6.07, 6.45) is 7.68. The number of phenolic OH excluding ortho intramolecular Hbond substituents is 3. The van der Waals surface area contributed by atoms with Gasteiger partial charge in [-0.15, -0.1) is 0 Å². The van der Waals surface area contributed by atoms with E-state index in [1.807, 2.05) is 6.08 Å². The van der Waals surface area contributed by atoms with Crippen LogP contribution >= 0.6 is 12.2 Å². The fraction of sp³-hybridized carbons (Fsp3) is 0.182. The van der Waals surface area contributed by atoms with Gasteiger partial charge in [0.05, 0.1) is 46.7 Å². The van der Waals surface area contributed by atoms with Gasteiger partial charge in [0, 0.05) is 28.3 Å². The van der Waals surface area contributed by atoms with Gasteiger partial charge in [0.25, 0.3) is 5.56 Å². The molecule has 0 aliphatic heterocycles. The van der Waals surface area contributed by atoms with Crippen molar-refractivity contribution in [1.29, 1.82) is 0 Å². The molecule has 4 aliphatic rings. The summed E-state index contributed by atoms with van der Waals surface area (Å²) >= 11 is 5.68. The predicted molar refractivity (Wildman–Crippen MR) is 167 cm³/mol. The number of allylic oxidation sites excluding steroid dienone is 6. The molecule has 1 atom stereocenters. The highest BCUT2D eigenvalue weighted by Crippen LogP contribution is 2.58. The fourth-order valence-electron chi connectivity index (χ4n) is 7.11. The summed E-state index contributed by atoms with van der Waals surface area (Å²) in [5.74, 6) is -6.88. The topological polar surface area (TPSA) is 193 Å². The zero-order valence-electron chi connectivity index (χ0n) is 24.1. The molecule has 0 unspecified atom stereocenters. The predicted octanol–water partition coefficient (Wildman–Crippen LogP) is 3.51. The Morgan fingerprint density at radius 1 is 0.957 bits per heavy atom. The van der Waals surface area contributed by atoms with Crippen molar-refractivity contribution in [3.05, 3.63) is 91.1 Å². The Bertz CT molecular complexity index is 2250. The van der Waals surface area contributed by atoms with E-state index >= 15 is 0 Å². The number of carbonyl (C=O) groups excluding carboxylic acids is 4. The lowest BCUT2D eigenvalue weighted by molar-refractivity contribution is 0.0790. The van der Waals surface area contributed by atoms with Gasteiger partial charge < -0.3 is 29.9 Å². The zero-order chi connectivity index (χ0) is 32.8. The summed E-state index contributed by atoms with van der Waals surface area (Å²) in [6.45, 7) is 0. The number of benzene rings is 2. The van der Waals surface area contributed by atoms with Gasteiger partial charge >= 0.3 is 0 Å². The molecule has 0 amide bonds. The van der Waals surface area contributed by atoms with Gasteiger partial charge in [0.2, 0.25) is 5.78 Å². The largest absolute Gasteiger partial charge is 0.507 e. The number of Topliss-reactive ketones (excluding diaryl/α,β-unsaturated/α-hetero) is 3. The Hall–Kier alpha value is -5.69. The van der Waals surface area contributed by atoms with Crippen LogP contribution < -0.4 is 5.56 Å². The van der Waals surface area contributed by atoms with Crippen LogP contribution in [0.2, 0.25) is 0 Å². The van der Waals surface area contributed by atoms with Crippen LogP contribution in [0.3, 0.4) is 0 Å². The third-order valence-electron chi connectivity index (χ3n) is 9.00. The molecule has 0 bridgehead atoms. The second kappa shape index (κ2) is 9.91. The number of fused-ring (bicyclic) bond motifs is 5. The van der Waals surface area contributed by atoms with Crippen LogP contribution in [0.1, 0.15) is 76.7 Å². The van der Waals surface area contributed by atoms with Crippen molar-refractivity contribution >= 4 is 62.8 Å². The lowest BCUT2D eigenvalue weighted by Gasteiger charge is -2.25. The lowest BCUT2D eigenvalue weighted by Crippen LogP contribution is -2.36. The molecule has 12 nitrogen and oxygen atoms in total. The number of pyridine rings is 1. The summed E-state index contributed by atoms with van der Waals surface area (Å²) in [5, 5.41) is 38.2. The van der Waals surface area contributed by atoms with E-state index in [2.05, 4.69) is 10.1 Å². The third kappa shape index (κ3) is 3.51. The maximum Gasteiger partial charge on any atom is 0.260 e. The van der Waals surface area contributed by atoms with Gasteiger partial charge in [-0.05, 0) is 35.6 Å². The maximum absolute atomic E-state index is 14.5. The smallest absolute Gasteiger partial charge is 0.260 e. The highest BCUT2D eigenvalue weighted by atomic mass is 32.1. The van der Waals surface area contributed by atoms with Crippen molar-refractivity contribution in [3.63, 3.8) is 0 Å². The van der Waals surface area contributed by atoms with E-state index in [9.17, 15) is 39.3 Å². The number of hydrogen-bond acceptors (Lipinski definition) is 12. The van der Waals surface area contributed by atoms with Gasteiger partial charge in [-0.3, -0.25) is 24.0 Å². The molecule has 2 aromatic carbocycles. The molecule has 46 heavy (non-hydrogen) atoms. The fourth-order valence-corrected chi connectivity index (χ4v) is 7.37. The van der Waals surface area contributed by atoms with Crippen molar-refractivity contribution < 1.29 is 44.1 Å². The van der Waals surface area contributed by atoms with Crippen LogP contribution in [0.5, 0.6) is 17.2 Å². The maximum atomic E-state index is 14.5. The summed E-state index contributed by atoms with van der Waals surface area (Å²) < 4.78 is 4.95. The monoisotopic (exact) mass is 638 g/mol. The minimum Gasteiger partial charge on any atom is -0.507 e. The lowest BCUT2D eigenvalue weighted by atomic mass is 9.75. The number of ether oxygens (including phenoxy) is 1. The number of thiocarbonyl (C=S) groups is 1. The van der Waals surface area contributed by atoms with Gasteiger partial charge in [0.1, 0.15) is 29.8 Å². The van der Waals surface area contributed by atoms with Crippen LogP contribution in [0.15, 0.2) is 46.1 Å². The van der Waals surface area contributed by atoms with E-state index in [0.29, 0.717) is 28.0 Å². The SMILES string of the molecule is CON=Cc1cc2c(C3=CC=CCC3=S)c3c(c(O)c2c(=O)[nH]1)[C@@]1(CC3)C(=O)c2c(O)c3c(c(O)c2C1=O)C(=O)C(OC)=CC3=O. The first kappa shape index (κ1) is 29.0. The van der Waals surface area contributed by atoms with E-state index in [1.165, 1.54) is 13.3 Å². The zero-order valence-corrected chi connectivity index (χ0v) is 25.0. The van der Waals surface area contributed by atoms with Crippen molar-refractivity contribution in [1.82, 2.24) is 4.98 Å². The van der Waals surface area contributed by atoms with Gasteiger partial charge in [0.15, 0.2) is 23.1 Å². The Balaban J connectivity index is 1.57. The number of methoxy groups -OCH3 is 1. The van der Waals surface area contributed by atoms with E-state index in [0.717, 1.165) is 13.2 Å². The Morgan fingerprint density at radius 2 is 1.65 bits per heavy atom. The average Bonchev–Trinajstić information content (AvgIpc) is 3.53. The molecular weight excluding hydrogens is 616 g/mol. The minimum atomic E-state index is -2.21. The van der Waals surface area contributed by atoms with Gasteiger partial charge in [-0.25, -0.2) is 0 Å². The quantitative estimate of drug-likeness (QED) is 0.107. The number of ketones is 4. The number of carbonyl (C=O) groups is 4. The van der Waals surface area contributed by atoms with E-state index < -0.39 is 79.4 Å². The molecule has 7 rings (SSSR count). The van der Waals surface area contributed by atoms with E-state index in [4.69, 9.17) is 21.8 Å². The Labute approximate surface area is 263 Å². The average molecular weight is 639 g/mol. The first-order valence-corrected chi connectivity index (χ1v) is 14.4. The van der Waals surface area contributed by atoms with Crippen molar-refractivity contribution in [3.8, 4) is 17.2 Å². The minimum absolute atomic E-state index is 0.0477. The molecule has 4 aliphatic carbocycles. The van der Waals surface area contributed by atoms with Crippen LogP contribution in [0.25, 0.3) is 16.3 Å². The summed E-state index contributed by atoms with van der Waals surface area (Å²) in [4.78, 5) is 76.4. The van der Waals surface area contributed by atoms with Crippen molar-refractivity contribution in [2.75, 3.05) is 14.2 Å². The second-order valence-corrected chi connectivity index (χ2v) is 11.6. The molecule has 4 N–H and O–H groups in total. The number of hydrogen-bond donors (Lipinski definition) is 4. The molecule has 1 spiro atoms. The van der Waals surface area contributed by atoms with Crippen LogP contribution in [0, 0.1) is 0 Å². The number of H-pyrrole nitrogens is 1. The molecule has 13 heteroatoms. The summed E-state index contributed by atoms with van der Waals surface area (Å²) in [7, 11) is 2.46. The summed E-state index contributed by atoms with van der Waals surface area (Å²) in [6, 6.07) is 1.57. The van der Waals surface area contributed by atoms with Crippen LogP contribution in [-0.4, -0.2) is 68.7 Å². The van der Waals surface area contributed by atoms with E-state index in [1.54, 1.807) is 18.2 Å². The molecule has 0 saturated heterocycles. The third-order valence-corrected chi connectivity index (χ3v) is 9.39. The number of aromatic nitrogens is 1. The number of aromatic hydroxyl groups is 3. The van der Waals surface area contributed by atoms with Crippen LogP contribution in [-0.2, 0) is 21.4 Å². The number of aromatic amines is 1. The molecular formula is C33H22N2O10S. The van der Waals surface area contributed by atoms with Crippen molar-refractivity contribution in [2.45, 2.75) is 24.7 Å². The van der Waals surface area contributed by atoms with E-state index in [-0.39, 0.29) is 34.9 Å². The summed E-state index contributed by atoms with van der Waals surface area (Å²) in [5.41, 5.74) is -4.20. The number of oxime groups is 1. The molecule has 1 aromatic heterocycles. The molecule has 0 saturated carbocycles. The Kier molecular flexibility index (Phi) is 6.26. The van der Waals surface area contributed by atoms with Crippen LogP contribution in [0.4, 0.5) is 0 Å². The number of rotatable bonds is 4. The molecule has 0 radical (unpaired) electrons. The molecule has 3 aromatic rings. The standard InChI is InChI=1S/C33H22N2O10S/c1-44-17-10-16(36)21-22(26(17)37)28(39)24-23(27(21)38)30(41)33(31(24)42)8-7-14-19(13-5-3-4-6-18(13)46)15-9-12(11-34-45-2)35-32(43)20(15)29(40)25(14)33/h3-5,9-11,38-40H,6-8H2,1-2H3,(H,35,43)/t33-/m0/s1. The molecule has 0 fully saturated rings. The first-order chi connectivity index (χ1) is 22.0. The molecule has 230 valence electrons. The highest BCUT2D eigenvalue weighted by molar-refractivity contribution is 7.81. The van der Waals surface area contributed by atoms with Crippen molar-refractivity contribution in [2.24, 2.45) is 5.16 Å². The second-order valence-electron chi connectivity index (χ2n) is 11.1. The number of nitrogens with one attached hydrogen (secondary N) is 1. The number of nitrogens with zero attached hydrogens (tertiary/aromatic N) is 1. The number of phenols is 3. The molecule has 1 heterocycles. The first-order valence-electron chi connectivity index (χ1n) is 14.0. The Morgan fingerprint density at radius 3 is 2.30 bits per heavy atom. The highest BCUT2D eigenvalue weighted by Gasteiger charge is 2.62. The van der Waals surface area contributed by atoms with Gasteiger partial charge in [-0.1, -0.05) is 35.6 Å². The normalized spacial score (nSPS) is 20.0.